The third kappa shape index (κ3) is 6.43. The standard InChI is InChI=1S/C59H36N4O.C2H6/c1-3-14-37(15-4-1)39-26-30-42(31-27-39)57-60-58(43-32-28-40(29-33-43)38-16-5-2-6-17-38)62-59(61-57)63-51-35-34-41-18-7-9-20-45(41)53(51)48-23-13-24-49(55(48)63)54-46-21-10-8-19-44(46)36-50-47-22-11-12-25-52(47)64-56(50)54;1-2/h1-36H;1-2H3. The van der Waals surface area contributed by atoms with E-state index in [9.17, 15) is 0 Å². The van der Waals surface area contributed by atoms with Crippen molar-refractivity contribution in [2.24, 2.45) is 0 Å². The van der Waals surface area contributed by atoms with Crippen LogP contribution in [0.15, 0.2) is 223 Å². The van der Waals surface area contributed by atoms with Crippen molar-refractivity contribution in [2.75, 3.05) is 0 Å². The van der Waals surface area contributed by atoms with Crippen LogP contribution in [0.5, 0.6) is 0 Å². The van der Waals surface area contributed by atoms with Crippen molar-refractivity contribution >= 4 is 65.3 Å². The number of furan rings is 1. The fraction of sp³-hybridized carbons (Fsp3) is 0.0328. The van der Waals surface area contributed by atoms with E-state index in [0.717, 1.165) is 104 Å². The maximum Gasteiger partial charge on any atom is 0.238 e. The zero-order valence-electron chi connectivity index (χ0n) is 36.5. The van der Waals surface area contributed by atoms with Gasteiger partial charge in [-0.2, -0.15) is 9.97 Å². The van der Waals surface area contributed by atoms with Crippen LogP contribution in [0.25, 0.3) is 127 Å². The molecule has 0 aliphatic rings. The summed E-state index contributed by atoms with van der Waals surface area (Å²) in [6, 6.07) is 76.8. The van der Waals surface area contributed by atoms with Gasteiger partial charge < -0.3 is 4.42 Å². The maximum absolute atomic E-state index is 6.87. The SMILES string of the molecule is CC.c1ccc(-c2ccc(-c3nc(-c4ccc(-c5ccccc5)cc4)nc(-n4c5ccc6ccccc6c5c5cccc(-c6c7ccccc7cc7c6oc6ccccc67)c54)n3)cc2)cc1. The van der Waals surface area contributed by atoms with Crippen LogP contribution in [0.4, 0.5) is 0 Å². The van der Waals surface area contributed by atoms with E-state index in [2.05, 4.69) is 205 Å². The number of fused-ring (bicyclic) bond motifs is 9. The van der Waals surface area contributed by atoms with E-state index in [0.29, 0.717) is 17.6 Å². The summed E-state index contributed by atoms with van der Waals surface area (Å²) >= 11 is 0. The summed E-state index contributed by atoms with van der Waals surface area (Å²) in [5.41, 5.74) is 12.1. The van der Waals surface area contributed by atoms with Gasteiger partial charge in [0.2, 0.25) is 5.95 Å². The molecule has 0 atom stereocenters. The third-order valence-electron chi connectivity index (χ3n) is 12.7. The molecule has 312 valence electrons. The zero-order valence-corrected chi connectivity index (χ0v) is 36.5. The molecule has 5 nitrogen and oxygen atoms in total. The lowest BCUT2D eigenvalue weighted by Gasteiger charge is -2.15. The second kappa shape index (κ2) is 16.2. The maximum atomic E-state index is 6.87. The Hall–Kier alpha value is -8.67. The molecule has 3 aromatic heterocycles. The zero-order chi connectivity index (χ0) is 44.1. The van der Waals surface area contributed by atoms with Crippen LogP contribution in [0, 0.1) is 0 Å². The monoisotopic (exact) mass is 846 g/mol. The average Bonchev–Trinajstić information content (AvgIpc) is 3.95. The minimum Gasteiger partial charge on any atom is -0.455 e. The lowest BCUT2D eigenvalue weighted by molar-refractivity contribution is 0.670. The van der Waals surface area contributed by atoms with Crippen molar-refractivity contribution in [1.29, 1.82) is 0 Å². The molecule has 0 amide bonds. The Bertz CT molecular complexity index is 3830. The van der Waals surface area contributed by atoms with E-state index in [-0.39, 0.29) is 0 Å². The largest absolute Gasteiger partial charge is 0.455 e. The van der Waals surface area contributed by atoms with Crippen molar-refractivity contribution in [1.82, 2.24) is 19.5 Å². The second-order valence-electron chi connectivity index (χ2n) is 16.3. The highest BCUT2D eigenvalue weighted by Gasteiger charge is 2.25. The Morgan fingerprint density at radius 2 is 0.894 bits per heavy atom. The molecule has 0 N–H and O–H groups in total. The Morgan fingerprint density at radius 1 is 0.379 bits per heavy atom. The first kappa shape index (κ1) is 39.0. The van der Waals surface area contributed by atoms with Gasteiger partial charge in [-0.25, -0.2) is 4.98 Å². The molecule has 0 radical (unpaired) electrons. The molecule has 5 heteroatoms. The highest BCUT2D eigenvalue weighted by Crippen LogP contribution is 2.46. The number of nitrogens with zero attached hydrogens (tertiary/aromatic N) is 4. The fourth-order valence-electron chi connectivity index (χ4n) is 9.64. The summed E-state index contributed by atoms with van der Waals surface area (Å²) in [6.45, 7) is 4.00. The fourth-order valence-corrected chi connectivity index (χ4v) is 9.64. The van der Waals surface area contributed by atoms with Gasteiger partial charge in [0.05, 0.1) is 11.0 Å². The first-order valence-electron chi connectivity index (χ1n) is 22.6. The van der Waals surface area contributed by atoms with Crippen LogP contribution < -0.4 is 0 Å². The number of para-hydroxylation sites is 2. The van der Waals surface area contributed by atoms with Gasteiger partial charge in [-0.3, -0.25) is 4.57 Å². The minimum atomic E-state index is 0.531. The highest BCUT2D eigenvalue weighted by atomic mass is 16.3. The summed E-state index contributed by atoms with van der Waals surface area (Å²) in [7, 11) is 0. The quantitative estimate of drug-likeness (QED) is 0.167. The Labute approximate surface area is 381 Å². The molecule has 66 heavy (non-hydrogen) atoms. The summed E-state index contributed by atoms with van der Waals surface area (Å²) in [5.74, 6) is 1.71. The molecule has 0 spiro atoms. The smallest absolute Gasteiger partial charge is 0.238 e. The van der Waals surface area contributed by atoms with Crippen LogP contribution in [0.3, 0.4) is 0 Å². The molecule has 3 heterocycles. The number of hydrogen-bond acceptors (Lipinski definition) is 4. The van der Waals surface area contributed by atoms with Crippen LogP contribution in [0.1, 0.15) is 13.8 Å². The van der Waals surface area contributed by atoms with Crippen molar-refractivity contribution < 1.29 is 4.42 Å². The van der Waals surface area contributed by atoms with Crippen LogP contribution >= 0.6 is 0 Å². The molecule has 0 aliphatic heterocycles. The molecule has 10 aromatic carbocycles. The topological polar surface area (TPSA) is 56.7 Å². The minimum absolute atomic E-state index is 0.531. The predicted molar refractivity (Wildman–Crippen MR) is 275 cm³/mol. The van der Waals surface area contributed by atoms with Crippen molar-refractivity contribution in [3.05, 3.63) is 218 Å². The summed E-state index contributed by atoms with van der Waals surface area (Å²) in [5, 5.41) is 8.99. The van der Waals surface area contributed by atoms with Crippen LogP contribution in [-0.2, 0) is 0 Å². The van der Waals surface area contributed by atoms with Gasteiger partial charge in [-0.15, -0.1) is 0 Å². The molecule has 0 saturated heterocycles. The van der Waals surface area contributed by atoms with Gasteiger partial charge in [0.15, 0.2) is 11.6 Å². The number of hydrogen-bond donors (Lipinski definition) is 0. The van der Waals surface area contributed by atoms with Gasteiger partial charge in [0, 0.05) is 43.8 Å². The number of aromatic nitrogens is 4. The van der Waals surface area contributed by atoms with Gasteiger partial charge in [0.25, 0.3) is 0 Å². The summed E-state index contributed by atoms with van der Waals surface area (Å²) in [6.07, 6.45) is 0. The molecule has 0 bridgehead atoms. The molecule has 13 aromatic rings. The molecular formula is C61H42N4O. The normalized spacial score (nSPS) is 11.5. The third-order valence-corrected chi connectivity index (χ3v) is 12.7. The van der Waals surface area contributed by atoms with Crippen molar-refractivity contribution in [3.63, 3.8) is 0 Å². The van der Waals surface area contributed by atoms with E-state index in [1.54, 1.807) is 0 Å². The molecular weight excluding hydrogens is 805 g/mol. The Kier molecular flexibility index (Phi) is 9.53. The average molecular weight is 847 g/mol. The van der Waals surface area contributed by atoms with Gasteiger partial charge in [0.1, 0.15) is 11.2 Å². The molecule has 0 saturated carbocycles. The van der Waals surface area contributed by atoms with Gasteiger partial charge >= 0.3 is 0 Å². The van der Waals surface area contributed by atoms with Crippen molar-refractivity contribution in [2.45, 2.75) is 13.8 Å². The first-order valence-corrected chi connectivity index (χ1v) is 22.6. The molecule has 13 rings (SSSR count). The lowest BCUT2D eigenvalue weighted by Crippen LogP contribution is -2.07. The Balaban J connectivity index is 0.00000225. The molecule has 0 aliphatic carbocycles. The highest BCUT2D eigenvalue weighted by molar-refractivity contribution is 6.26. The molecule has 0 fully saturated rings. The van der Waals surface area contributed by atoms with Gasteiger partial charge in [-0.1, -0.05) is 214 Å². The van der Waals surface area contributed by atoms with E-state index in [4.69, 9.17) is 19.4 Å². The van der Waals surface area contributed by atoms with E-state index in [1.807, 2.05) is 32.0 Å². The number of rotatable bonds is 6. The van der Waals surface area contributed by atoms with Crippen molar-refractivity contribution in [3.8, 4) is 62.1 Å². The predicted octanol–water partition coefficient (Wildman–Crippen LogP) is 16.5. The first-order chi connectivity index (χ1) is 32.7. The van der Waals surface area contributed by atoms with E-state index >= 15 is 0 Å². The molecule has 0 unspecified atom stereocenters. The Morgan fingerprint density at radius 3 is 1.55 bits per heavy atom. The van der Waals surface area contributed by atoms with E-state index < -0.39 is 0 Å². The van der Waals surface area contributed by atoms with E-state index in [1.165, 1.54) is 5.39 Å². The number of benzene rings is 10. The van der Waals surface area contributed by atoms with Gasteiger partial charge in [-0.05, 0) is 62.0 Å². The van der Waals surface area contributed by atoms with Crippen LogP contribution in [-0.4, -0.2) is 19.5 Å². The second-order valence-corrected chi connectivity index (χ2v) is 16.3. The summed E-state index contributed by atoms with van der Waals surface area (Å²) < 4.78 is 9.13. The summed E-state index contributed by atoms with van der Waals surface area (Å²) in [4.78, 5) is 16.1. The van der Waals surface area contributed by atoms with Crippen LogP contribution in [0.2, 0.25) is 0 Å². The lowest BCUT2D eigenvalue weighted by atomic mass is 9.93.